The molecule has 15 heavy (non-hydrogen) atoms. The predicted octanol–water partition coefficient (Wildman–Crippen LogP) is 2.23. The van der Waals surface area contributed by atoms with E-state index in [1.165, 1.54) is 29.4 Å². The molecule has 74 valence electrons. The van der Waals surface area contributed by atoms with E-state index in [-0.39, 0.29) is 0 Å². The van der Waals surface area contributed by atoms with Crippen molar-refractivity contribution >= 4 is 19.4 Å². The average molecular weight is 194 g/mol. The molecule has 0 saturated carbocycles. The molecule has 0 radical (unpaired) electrons. The first-order valence-corrected chi connectivity index (χ1v) is 5.46. The van der Waals surface area contributed by atoms with Gasteiger partial charge in [0, 0.05) is 0 Å². The summed E-state index contributed by atoms with van der Waals surface area (Å²) in [7, 11) is 2.11. The minimum absolute atomic E-state index is 1.17. The first-order valence-electron chi connectivity index (χ1n) is 5.46. The van der Waals surface area contributed by atoms with Crippen molar-refractivity contribution in [3.05, 3.63) is 59.7 Å². The highest BCUT2D eigenvalue weighted by molar-refractivity contribution is 6.32. The molecule has 0 aromatic heterocycles. The molecule has 0 fully saturated rings. The monoisotopic (exact) mass is 194 g/mol. The fourth-order valence-electron chi connectivity index (χ4n) is 1.63. The van der Waals surface area contributed by atoms with Crippen LogP contribution in [0.1, 0.15) is 18.4 Å². The van der Waals surface area contributed by atoms with Crippen molar-refractivity contribution in [1.82, 2.24) is 0 Å². The van der Waals surface area contributed by atoms with Crippen LogP contribution in [0.15, 0.2) is 54.1 Å². The molecular formula is C14H15B. The fraction of sp³-hybridized carbons (Fsp3) is 0.143. The summed E-state index contributed by atoms with van der Waals surface area (Å²) in [6, 6.07) is 8.59. The summed E-state index contributed by atoms with van der Waals surface area (Å²) < 4.78 is 0. The molecule has 0 nitrogen and oxygen atoms in total. The second kappa shape index (κ2) is 4.83. The zero-order valence-corrected chi connectivity index (χ0v) is 9.11. The largest absolute Gasteiger partial charge is 0.139 e. The van der Waals surface area contributed by atoms with Crippen LogP contribution in [-0.2, 0) is 0 Å². The Morgan fingerprint density at radius 2 is 1.80 bits per heavy atom. The Balaban J connectivity index is 2.08. The predicted molar refractivity (Wildman–Crippen MR) is 70.1 cm³/mol. The molecule has 1 aromatic rings. The SMILES string of the molecule is Bc1ccc(/C=C/C2=CCCC=C2)cc1. The molecule has 0 bridgehead atoms. The van der Waals surface area contributed by atoms with Gasteiger partial charge in [-0.2, -0.15) is 0 Å². The summed E-state index contributed by atoms with van der Waals surface area (Å²) in [5.41, 5.74) is 3.89. The fourth-order valence-corrected chi connectivity index (χ4v) is 1.63. The summed E-state index contributed by atoms with van der Waals surface area (Å²) in [5.74, 6) is 0. The first kappa shape index (κ1) is 10.0. The molecule has 2 rings (SSSR count). The lowest BCUT2D eigenvalue weighted by molar-refractivity contribution is 1.03. The Morgan fingerprint density at radius 3 is 2.47 bits per heavy atom. The summed E-state index contributed by atoms with van der Waals surface area (Å²) in [6.45, 7) is 0. The maximum absolute atomic E-state index is 2.28. The lowest BCUT2D eigenvalue weighted by Gasteiger charge is -2.01. The van der Waals surface area contributed by atoms with E-state index >= 15 is 0 Å². The lowest BCUT2D eigenvalue weighted by Crippen LogP contribution is -1.98. The highest BCUT2D eigenvalue weighted by atomic mass is 14.0. The molecule has 1 aliphatic carbocycles. The minimum Gasteiger partial charge on any atom is -0.0889 e. The molecule has 0 unspecified atom stereocenters. The molecule has 0 heterocycles. The van der Waals surface area contributed by atoms with E-state index in [2.05, 4.69) is 62.5 Å². The molecule has 0 N–H and O–H groups in total. The summed E-state index contributed by atoms with van der Waals surface area (Å²) in [4.78, 5) is 0. The van der Waals surface area contributed by atoms with Gasteiger partial charge in [-0.15, -0.1) is 0 Å². The maximum atomic E-state index is 2.28. The number of rotatable bonds is 2. The second-order valence-electron chi connectivity index (χ2n) is 3.93. The highest BCUT2D eigenvalue weighted by Gasteiger charge is 1.92. The van der Waals surface area contributed by atoms with Gasteiger partial charge < -0.3 is 0 Å². The molecule has 0 atom stereocenters. The van der Waals surface area contributed by atoms with Gasteiger partial charge in [0.1, 0.15) is 7.85 Å². The van der Waals surface area contributed by atoms with Crippen molar-refractivity contribution in [3.63, 3.8) is 0 Å². The molecule has 0 saturated heterocycles. The van der Waals surface area contributed by atoms with Crippen molar-refractivity contribution in [2.24, 2.45) is 0 Å². The van der Waals surface area contributed by atoms with E-state index in [1.807, 2.05) is 0 Å². The third-order valence-electron chi connectivity index (χ3n) is 2.57. The van der Waals surface area contributed by atoms with Gasteiger partial charge in [-0.05, 0) is 24.0 Å². The van der Waals surface area contributed by atoms with Crippen LogP contribution in [0.5, 0.6) is 0 Å². The van der Waals surface area contributed by atoms with E-state index in [1.54, 1.807) is 0 Å². The van der Waals surface area contributed by atoms with E-state index in [9.17, 15) is 0 Å². The first-order chi connectivity index (χ1) is 7.34. The quantitative estimate of drug-likeness (QED) is 0.633. The Hall–Kier alpha value is -1.50. The normalized spacial score (nSPS) is 15.6. The Morgan fingerprint density at radius 1 is 1.00 bits per heavy atom. The zero-order valence-electron chi connectivity index (χ0n) is 9.11. The third kappa shape index (κ3) is 2.98. The maximum Gasteiger partial charge on any atom is 0.139 e. The van der Waals surface area contributed by atoms with Crippen molar-refractivity contribution in [2.45, 2.75) is 12.8 Å². The molecule has 1 heteroatoms. The third-order valence-corrected chi connectivity index (χ3v) is 2.57. The summed E-state index contributed by atoms with van der Waals surface area (Å²) >= 11 is 0. The topological polar surface area (TPSA) is 0 Å². The van der Waals surface area contributed by atoms with Gasteiger partial charge in [-0.3, -0.25) is 0 Å². The Kier molecular flexibility index (Phi) is 3.23. The molecule has 1 aromatic carbocycles. The van der Waals surface area contributed by atoms with Gasteiger partial charge >= 0.3 is 0 Å². The average Bonchev–Trinajstić information content (AvgIpc) is 2.30. The smallest absolute Gasteiger partial charge is 0.0889 e. The van der Waals surface area contributed by atoms with Gasteiger partial charge in [0.15, 0.2) is 0 Å². The summed E-state index contributed by atoms with van der Waals surface area (Å²) in [5, 5.41) is 0. The van der Waals surface area contributed by atoms with Crippen LogP contribution in [0.2, 0.25) is 0 Å². The number of hydrogen-bond donors (Lipinski definition) is 0. The van der Waals surface area contributed by atoms with Crippen molar-refractivity contribution in [2.75, 3.05) is 0 Å². The van der Waals surface area contributed by atoms with Crippen LogP contribution >= 0.6 is 0 Å². The van der Waals surface area contributed by atoms with E-state index in [4.69, 9.17) is 0 Å². The van der Waals surface area contributed by atoms with Crippen LogP contribution in [0, 0.1) is 0 Å². The van der Waals surface area contributed by atoms with Crippen LogP contribution in [0.3, 0.4) is 0 Å². The lowest BCUT2D eigenvalue weighted by atomic mass is 9.95. The highest BCUT2D eigenvalue weighted by Crippen LogP contribution is 2.12. The van der Waals surface area contributed by atoms with Crippen molar-refractivity contribution in [3.8, 4) is 0 Å². The number of benzene rings is 1. The van der Waals surface area contributed by atoms with Crippen LogP contribution < -0.4 is 5.46 Å². The van der Waals surface area contributed by atoms with Gasteiger partial charge in [0.05, 0.1) is 0 Å². The zero-order chi connectivity index (χ0) is 10.5. The molecule has 0 spiro atoms. The molecule has 0 amide bonds. The van der Waals surface area contributed by atoms with Crippen LogP contribution in [0.25, 0.3) is 6.08 Å². The van der Waals surface area contributed by atoms with Crippen LogP contribution in [-0.4, -0.2) is 7.85 Å². The molecule has 1 aliphatic rings. The van der Waals surface area contributed by atoms with E-state index < -0.39 is 0 Å². The van der Waals surface area contributed by atoms with Crippen molar-refractivity contribution < 1.29 is 0 Å². The van der Waals surface area contributed by atoms with Crippen molar-refractivity contribution in [1.29, 1.82) is 0 Å². The molecule has 0 aliphatic heterocycles. The summed E-state index contributed by atoms with van der Waals surface area (Å²) in [6.07, 6.45) is 13.4. The van der Waals surface area contributed by atoms with Gasteiger partial charge in [0.25, 0.3) is 0 Å². The van der Waals surface area contributed by atoms with Crippen LogP contribution in [0.4, 0.5) is 0 Å². The van der Waals surface area contributed by atoms with E-state index in [0.29, 0.717) is 0 Å². The standard InChI is InChI=1S/C14H15B/c15-14-10-8-13(9-11-14)7-6-12-4-2-1-3-5-12/h2,4-11H,1,3,15H2/b7-6+. The molecular weight excluding hydrogens is 179 g/mol. The minimum atomic E-state index is 1.17. The number of allylic oxidation sites excluding steroid dienone is 5. The van der Waals surface area contributed by atoms with Gasteiger partial charge in [0.2, 0.25) is 0 Å². The second-order valence-corrected chi connectivity index (χ2v) is 3.93. The van der Waals surface area contributed by atoms with E-state index in [0.717, 1.165) is 0 Å². The Bertz CT molecular complexity index is 407. The van der Waals surface area contributed by atoms with Gasteiger partial charge in [-0.1, -0.05) is 60.1 Å². The van der Waals surface area contributed by atoms with Gasteiger partial charge in [-0.25, -0.2) is 0 Å². The number of hydrogen-bond acceptors (Lipinski definition) is 0. The Labute approximate surface area is 92.4 Å².